The fourth-order valence-electron chi connectivity index (χ4n) is 4.25. The minimum atomic E-state index is 0.0278. The zero-order valence-electron chi connectivity index (χ0n) is 15.4. The van der Waals surface area contributed by atoms with E-state index in [9.17, 15) is 5.26 Å². The third kappa shape index (κ3) is 2.08. The zero-order valence-corrected chi connectivity index (χ0v) is 15.4. The summed E-state index contributed by atoms with van der Waals surface area (Å²) in [5.41, 5.74) is 4.14. The number of nitriles is 1. The normalized spacial score (nSPS) is 23.0. The van der Waals surface area contributed by atoms with E-state index in [1.165, 1.54) is 0 Å². The maximum atomic E-state index is 9.56. The second kappa shape index (κ2) is 5.42. The lowest BCUT2D eigenvalue weighted by molar-refractivity contribution is -0.476. The molecule has 1 saturated carbocycles. The number of hydrogen-bond donors (Lipinski definition) is 1. The Bertz CT molecular complexity index is 1060. The number of rotatable bonds is 3. The molecule has 0 bridgehead atoms. The van der Waals surface area contributed by atoms with E-state index < -0.39 is 0 Å². The van der Waals surface area contributed by atoms with Gasteiger partial charge in [-0.2, -0.15) is 5.26 Å². The Hall–Kier alpha value is -3.16. The molecular formula is C20H21N6+. The fraction of sp³-hybridized carbons (Fsp3) is 0.350. The van der Waals surface area contributed by atoms with Crippen molar-refractivity contribution in [2.75, 3.05) is 0 Å². The van der Waals surface area contributed by atoms with E-state index in [1.54, 1.807) is 4.68 Å². The van der Waals surface area contributed by atoms with Crippen LogP contribution in [0.4, 0.5) is 0 Å². The molecule has 1 fully saturated rings. The molecule has 0 radical (unpaired) electrons. The Balaban J connectivity index is 2.04. The molecule has 2 aromatic heterocycles. The lowest BCUT2D eigenvalue weighted by atomic mass is 10.0. The van der Waals surface area contributed by atoms with Crippen LogP contribution in [0, 0.1) is 34.0 Å². The van der Waals surface area contributed by atoms with Gasteiger partial charge in [0.2, 0.25) is 5.71 Å². The number of hydrazone groups is 1. The minimum absolute atomic E-state index is 0.0278. The van der Waals surface area contributed by atoms with Crippen molar-refractivity contribution >= 4 is 17.3 Å². The smallest absolute Gasteiger partial charge is 0.349 e. The molecule has 4 rings (SSSR count). The molecule has 2 aliphatic rings. The molecule has 1 aliphatic carbocycles. The molecule has 0 unspecified atom stereocenters. The van der Waals surface area contributed by atoms with Gasteiger partial charge in [0.15, 0.2) is 6.07 Å². The summed E-state index contributed by atoms with van der Waals surface area (Å²) in [5, 5.41) is 22.0. The molecule has 0 spiro atoms. The van der Waals surface area contributed by atoms with E-state index in [1.807, 2.05) is 49.3 Å². The number of allylic oxidation sites excluding steroid dienone is 1. The summed E-state index contributed by atoms with van der Waals surface area (Å²) in [6.07, 6.45) is 3.99. The second-order valence-electron chi connectivity index (χ2n) is 7.55. The van der Waals surface area contributed by atoms with Crippen LogP contribution in [0.5, 0.6) is 0 Å². The highest BCUT2D eigenvalue weighted by Crippen LogP contribution is 2.62. The Morgan fingerprint density at radius 1 is 1.15 bits per heavy atom. The first-order valence-electron chi connectivity index (χ1n) is 8.60. The molecule has 1 N–H and O–H groups in total. The average molecular weight is 345 g/mol. The highest BCUT2D eigenvalue weighted by Gasteiger charge is 2.69. The molecule has 1 aliphatic heterocycles. The van der Waals surface area contributed by atoms with Crippen molar-refractivity contribution in [2.45, 2.75) is 13.8 Å². The van der Waals surface area contributed by atoms with Crippen LogP contribution in [0.25, 0.3) is 0 Å². The fourth-order valence-corrected chi connectivity index (χ4v) is 4.25. The Morgan fingerprint density at radius 2 is 1.77 bits per heavy atom. The highest BCUT2D eigenvalue weighted by molar-refractivity contribution is 6.12. The number of nitrogens with zero attached hydrogens (tertiary/aromatic N) is 5. The number of nitrogens with one attached hydrogen (secondary N) is 1. The summed E-state index contributed by atoms with van der Waals surface area (Å²) < 4.78 is 5.71. The van der Waals surface area contributed by atoms with Crippen molar-refractivity contribution < 1.29 is 4.68 Å². The van der Waals surface area contributed by atoms with Crippen LogP contribution in [0.3, 0.4) is 0 Å². The van der Waals surface area contributed by atoms with Gasteiger partial charge in [-0.05, 0) is 34.4 Å². The van der Waals surface area contributed by atoms with E-state index in [4.69, 9.17) is 10.5 Å². The highest BCUT2D eigenvalue weighted by atomic mass is 15.4. The molecule has 2 aromatic rings. The van der Waals surface area contributed by atoms with Crippen LogP contribution in [-0.2, 0) is 14.1 Å². The van der Waals surface area contributed by atoms with Crippen LogP contribution in [-0.4, -0.2) is 31.1 Å². The van der Waals surface area contributed by atoms with Crippen LogP contribution in [0.15, 0.2) is 47.5 Å². The molecular weight excluding hydrogens is 324 g/mol. The molecule has 0 aromatic carbocycles. The number of hydrogen-bond acceptors (Lipinski definition) is 3. The van der Waals surface area contributed by atoms with Crippen LogP contribution in [0.2, 0.25) is 0 Å². The van der Waals surface area contributed by atoms with Crippen LogP contribution in [0.1, 0.15) is 25.2 Å². The number of aromatic nitrogens is 2. The van der Waals surface area contributed by atoms with Crippen LogP contribution >= 0.6 is 0 Å². The van der Waals surface area contributed by atoms with E-state index >= 15 is 0 Å². The quantitative estimate of drug-likeness (QED) is 0.518. The van der Waals surface area contributed by atoms with Gasteiger partial charge in [0, 0.05) is 37.5 Å². The van der Waals surface area contributed by atoms with Gasteiger partial charge >= 0.3 is 5.70 Å². The molecule has 130 valence electrons. The summed E-state index contributed by atoms with van der Waals surface area (Å²) >= 11 is 0. The molecule has 26 heavy (non-hydrogen) atoms. The average Bonchev–Trinajstić information content (AvgIpc) is 2.97. The number of fused-ring (bicyclic) bond motifs is 1. The Kier molecular flexibility index (Phi) is 3.40. The molecule has 3 heterocycles. The van der Waals surface area contributed by atoms with E-state index in [2.05, 4.69) is 36.4 Å². The third-order valence-corrected chi connectivity index (χ3v) is 5.70. The lowest BCUT2D eigenvalue weighted by Gasteiger charge is -2.12. The monoisotopic (exact) mass is 345 g/mol. The van der Waals surface area contributed by atoms with Crippen molar-refractivity contribution in [3.8, 4) is 6.07 Å². The van der Waals surface area contributed by atoms with Gasteiger partial charge in [0.25, 0.3) is 0 Å². The van der Waals surface area contributed by atoms with Crippen LogP contribution < -0.4 is 0 Å². The van der Waals surface area contributed by atoms with Crippen molar-refractivity contribution in [1.29, 1.82) is 10.7 Å². The van der Waals surface area contributed by atoms with Crippen molar-refractivity contribution in [3.63, 3.8) is 0 Å². The molecule has 2 atom stereocenters. The predicted molar refractivity (Wildman–Crippen MR) is 99.3 cm³/mol. The molecule has 0 saturated heterocycles. The standard InChI is InChI=1S/C20H21N6/c1-20(2)16-17(20)19(15-8-6-10-25(15)4)26(13(11-21)12-22)23-18(16)14-7-5-9-24(14)3/h5-10,16-17,21H,1-4H3/q+1/t16-,17+/m0/s1. The van der Waals surface area contributed by atoms with E-state index in [-0.39, 0.29) is 22.9 Å². The van der Waals surface area contributed by atoms with Gasteiger partial charge < -0.3 is 9.13 Å². The third-order valence-electron chi connectivity index (χ3n) is 5.70. The maximum absolute atomic E-state index is 9.56. The summed E-state index contributed by atoms with van der Waals surface area (Å²) in [5.74, 6) is 2.78. The number of aryl methyl sites for hydroxylation is 2. The minimum Gasteiger partial charge on any atom is -0.349 e. The summed E-state index contributed by atoms with van der Waals surface area (Å²) in [6, 6.07) is 10.2. The first-order chi connectivity index (χ1) is 12.4. The first-order valence-corrected chi connectivity index (χ1v) is 8.60. The van der Waals surface area contributed by atoms with Crippen molar-refractivity contribution in [1.82, 2.24) is 9.13 Å². The van der Waals surface area contributed by atoms with Crippen molar-refractivity contribution in [2.24, 2.45) is 36.4 Å². The summed E-state index contributed by atoms with van der Waals surface area (Å²) in [7, 11) is 3.99. The zero-order chi connectivity index (χ0) is 18.6. The van der Waals surface area contributed by atoms with Gasteiger partial charge in [-0.25, -0.2) is 0 Å². The second-order valence-corrected chi connectivity index (χ2v) is 7.55. The van der Waals surface area contributed by atoms with Gasteiger partial charge in [0.1, 0.15) is 11.4 Å². The largest absolute Gasteiger partial charge is 0.376 e. The topological polar surface area (TPSA) is 72.9 Å². The van der Waals surface area contributed by atoms with Gasteiger partial charge in [-0.15, -0.1) is 0 Å². The lowest BCUT2D eigenvalue weighted by Crippen LogP contribution is -2.29. The van der Waals surface area contributed by atoms with Gasteiger partial charge in [-0.3, -0.25) is 5.41 Å². The van der Waals surface area contributed by atoms with Gasteiger partial charge in [-0.1, -0.05) is 13.8 Å². The molecule has 6 nitrogen and oxygen atoms in total. The first kappa shape index (κ1) is 16.3. The Labute approximate surface area is 152 Å². The van der Waals surface area contributed by atoms with Crippen molar-refractivity contribution in [3.05, 3.63) is 53.7 Å². The molecule has 6 heteroatoms. The molecule has 0 amide bonds. The Morgan fingerprint density at radius 3 is 2.27 bits per heavy atom. The van der Waals surface area contributed by atoms with E-state index in [0.717, 1.165) is 22.8 Å². The van der Waals surface area contributed by atoms with Gasteiger partial charge in [0.05, 0.1) is 17.5 Å². The SMILES string of the molecule is Cn1cccc1C1=N[N+](C(=C=N)C#N)=C(c2cccn2C)[C@H]2[C@@H]1C2(C)C. The van der Waals surface area contributed by atoms with E-state index in [0.29, 0.717) is 0 Å². The predicted octanol–water partition coefficient (Wildman–Crippen LogP) is 2.51. The summed E-state index contributed by atoms with van der Waals surface area (Å²) in [4.78, 5) is 0. The maximum Gasteiger partial charge on any atom is 0.376 e. The summed E-state index contributed by atoms with van der Waals surface area (Å²) in [6.45, 7) is 4.49.